The molecular formula is C10H10Cl2N2. The molecule has 0 unspecified atom stereocenters. The predicted octanol–water partition coefficient (Wildman–Crippen LogP) is 3.11. The van der Waals surface area contributed by atoms with Crippen LogP contribution in [0.1, 0.15) is 5.56 Å². The highest BCUT2D eigenvalue weighted by atomic mass is 35.5. The van der Waals surface area contributed by atoms with E-state index in [9.17, 15) is 0 Å². The topological polar surface area (TPSA) is 27.8 Å². The maximum atomic E-state index is 5.93. The molecule has 2 rings (SSSR count). The normalized spacial score (nSPS) is 11.0. The van der Waals surface area contributed by atoms with Crippen molar-refractivity contribution in [2.45, 2.75) is 6.42 Å². The van der Waals surface area contributed by atoms with Crippen molar-refractivity contribution in [3.05, 3.63) is 35.0 Å². The number of nitrogens with one attached hydrogen (secondary N) is 2. The third-order valence-corrected chi connectivity index (χ3v) is 2.64. The Bertz CT molecular complexity index is 437. The molecule has 0 radical (unpaired) electrons. The van der Waals surface area contributed by atoms with Gasteiger partial charge < -0.3 is 4.98 Å². The number of H-pyrrole nitrogens is 1. The molecule has 0 amide bonds. The molecule has 74 valence electrons. The molecule has 1 aromatic carbocycles. The van der Waals surface area contributed by atoms with Crippen molar-refractivity contribution in [1.29, 1.82) is 0 Å². The number of aromatic nitrogens is 1. The fourth-order valence-corrected chi connectivity index (χ4v) is 1.81. The van der Waals surface area contributed by atoms with Gasteiger partial charge in [0.05, 0.1) is 0 Å². The van der Waals surface area contributed by atoms with Crippen LogP contribution in [0.4, 0.5) is 0 Å². The highest BCUT2D eigenvalue weighted by Gasteiger charge is 2.03. The largest absolute Gasteiger partial charge is 0.361 e. The van der Waals surface area contributed by atoms with Gasteiger partial charge in [-0.2, -0.15) is 0 Å². The summed E-state index contributed by atoms with van der Waals surface area (Å²) in [5.41, 5.74) is 2.34. The van der Waals surface area contributed by atoms with Crippen LogP contribution >= 0.6 is 23.4 Å². The van der Waals surface area contributed by atoms with Gasteiger partial charge in [0.15, 0.2) is 0 Å². The molecule has 0 atom stereocenters. The Morgan fingerprint density at radius 2 is 2.21 bits per heavy atom. The first-order chi connectivity index (χ1) is 6.81. The van der Waals surface area contributed by atoms with Crippen molar-refractivity contribution in [1.82, 2.24) is 9.82 Å². The van der Waals surface area contributed by atoms with Crippen LogP contribution in [0.5, 0.6) is 0 Å². The van der Waals surface area contributed by atoms with Crippen LogP contribution in [0.3, 0.4) is 0 Å². The number of hydrogen-bond acceptors (Lipinski definition) is 1. The van der Waals surface area contributed by atoms with Crippen LogP contribution in [-0.4, -0.2) is 11.5 Å². The molecule has 1 heterocycles. The number of halogens is 2. The maximum absolute atomic E-state index is 5.93. The predicted molar refractivity (Wildman–Crippen MR) is 60.9 cm³/mol. The number of benzene rings is 1. The van der Waals surface area contributed by atoms with Gasteiger partial charge >= 0.3 is 0 Å². The fourth-order valence-electron chi connectivity index (χ4n) is 1.54. The molecule has 0 saturated heterocycles. The zero-order valence-electron chi connectivity index (χ0n) is 7.48. The molecule has 2 aromatic rings. The van der Waals surface area contributed by atoms with Gasteiger partial charge in [-0.1, -0.05) is 11.6 Å². The highest BCUT2D eigenvalue weighted by Crippen LogP contribution is 2.22. The third kappa shape index (κ3) is 1.87. The molecular weight excluding hydrogens is 219 g/mol. The summed E-state index contributed by atoms with van der Waals surface area (Å²) < 4.78 is 0. The van der Waals surface area contributed by atoms with E-state index in [0.717, 1.165) is 23.5 Å². The molecule has 0 fully saturated rings. The van der Waals surface area contributed by atoms with Gasteiger partial charge in [-0.25, -0.2) is 4.84 Å². The van der Waals surface area contributed by atoms with E-state index in [-0.39, 0.29) is 0 Å². The second kappa shape index (κ2) is 4.22. The van der Waals surface area contributed by atoms with Crippen molar-refractivity contribution in [3.8, 4) is 0 Å². The Labute approximate surface area is 92.3 Å². The lowest BCUT2D eigenvalue weighted by atomic mass is 10.1. The van der Waals surface area contributed by atoms with Crippen LogP contribution in [0, 0.1) is 0 Å². The third-order valence-electron chi connectivity index (χ3n) is 2.22. The minimum atomic E-state index is 0.751. The van der Waals surface area contributed by atoms with Gasteiger partial charge in [-0.3, -0.25) is 0 Å². The average Bonchev–Trinajstić information content (AvgIpc) is 2.57. The van der Waals surface area contributed by atoms with Crippen molar-refractivity contribution < 1.29 is 0 Å². The molecule has 0 aliphatic carbocycles. The molecule has 14 heavy (non-hydrogen) atoms. The standard InChI is InChI=1S/C10H10Cl2N2/c11-8-1-2-10-9(5-8)7(6-13-10)3-4-14-12/h1-2,5-6,13-14H,3-4H2. The Kier molecular flexibility index (Phi) is 2.96. The lowest BCUT2D eigenvalue weighted by Gasteiger charge is -1.97. The van der Waals surface area contributed by atoms with Crippen molar-refractivity contribution >= 4 is 34.3 Å². The van der Waals surface area contributed by atoms with Gasteiger partial charge in [0.2, 0.25) is 0 Å². The maximum Gasteiger partial charge on any atom is 0.0457 e. The first-order valence-corrected chi connectivity index (χ1v) is 5.16. The van der Waals surface area contributed by atoms with Crippen LogP contribution in [0.25, 0.3) is 10.9 Å². The van der Waals surface area contributed by atoms with Crippen molar-refractivity contribution in [2.24, 2.45) is 0 Å². The molecule has 0 spiro atoms. The Balaban J connectivity index is 2.40. The zero-order valence-corrected chi connectivity index (χ0v) is 8.99. The average molecular weight is 229 g/mol. The van der Waals surface area contributed by atoms with Crippen LogP contribution in [0.2, 0.25) is 5.02 Å². The minimum absolute atomic E-state index is 0.751. The Morgan fingerprint density at radius 1 is 1.36 bits per heavy atom. The molecule has 2 nitrogen and oxygen atoms in total. The quantitative estimate of drug-likeness (QED) is 0.777. The zero-order chi connectivity index (χ0) is 9.97. The molecule has 0 aliphatic rings. The van der Waals surface area contributed by atoms with E-state index in [4.69, 9.17) is 23.4 Å². The van der Waals surface area contributed by atoms with Crippen LogP contribution < -0.4 is 4.84 Å². The monoisotopic (exact) mass is 228 g/mol. The van der Waals surface area contributed by atoms with E-state index in [1.807, 2.05) is 24.4 Å². The van der Waals surface area contributed by atoms with Gasteiger partial charge in [-0.15, -0.1) is 0 Å². The smallest absolute Gasteiger partial charge is 0.0457 e. The molecule has 1 aromatic heterocycles. The van der Waals surface area contributed by atoms with Gasteiger partial charge in [0, 0.05) is 28.7 Å². The summed E-state index contributed by atoms with van der Waals surface area (Å²) in [6.45, 7) is 0.751. The summed E-state index contributed by atoms with van der Waals surface area (Å²) in [6, 6.07) is 5.83. The summed E-state index contributed by atoms with van der Waals surface area (Å²) in [5, 5.41) is 1.93. The van der Waals surface area contributed by atoms with Gasteiger partial charge in [-0.05, 0) is 42.0 Å². The van der Waals surface area contributed by atoms with Gasteiger partial charge in [0.25, 0.3) is 0 Å². The molecule has 0 bridgehead atoms. The molecule has 2 N–H and O–H groups in total. The number of rotatable bonds is 3. The SMILES string of the molecule is ClNCCc1c[nH]c2ccc(Cl)cc12. The van der Waals surface area contributed by atoms with E-state index in [0.29, 0.717) is 0 Å². The van der Waals surface area contributed by atoms with Crippen LogP contribution in [-0.2, 0) is 6.42 Å². The molecule has 4 heteroatoms. The number of aromatic amines is 1. The highest BCUT2D eigenvalue weighted by molar-refractivity contribution is 6.31. The van der Waals surface area contributed by atoms with E-state index in [2.05, 4.69) is 9.82 Å². The van der Waals surface area contributed by atoms with E-state index >= 15 is 0 Å². The van der Waals surface area contributed by atoms with E-state index in [1.165, 1.54) is 10.9 Å². The van der Waals surface area contributed by atoms with Gasteiger partial charge in [0.1, 0.15) is 0 Å². The lowest BCUT2D eigenvalue weighted by Crippen LogP contribution is -2.03. The summed E-state index contributed by atoms with van der Waals surface area (Å²) in [4.78, 5) is 5.81. The first-order valence-electron chi connectivity index (χ1n) is 4.40. The second-order valence-corrected chi connectivity index (χ2v) is 3.84. The summed E-state index contributed by atoms with van der Waals surface area (Å²) >= 11 is 11.3. The fraction of sp³-hybridized carbons (Fsp3) is 0.200. The second-order valence-electron chi connectivity index (χ2n) is 3.14. The number of hydrogen-bond donors (Lipinski definition) is 2. The van der Waals surface area contributed by atoms with E-state index < -0.39 is 0 Å². The number of fused-ring (bicyclic) bond motifs is 1. The summed E-state index contributed by atoms with van der Waals surface area (Å²) in [6.07, 6.45) is 2.89. The van der Waals surface area contributed by atoms with Crippen molar-refractivity contribution in [3.63, 3.8) is 0 Å². The molecule has 0 aliphatic heterocycles. The van der Waals surface area contributed by atoms with Crippen molar-refractivity contribution in [2.75, 3.05) is 6.54 Å². The Hall–Kier alpha value is -0.700. The summed E-state index contributed by atoms with van der Waals surface area (Å²) in [5.74, 6) is 0. The van der Waals surface area contributed by atoms with E-state index in [1.54, 1.807) is 0 Å². The molecule has 0 saturated carbocycles. The van der Waals surface area contributed by atoms with Crippen LogP contribution in [0.15, 0.2) is 24.4 Å². The lowest BCUT2D eigenvalue weighted by molar-refractivity contribution is 0.904. The minimum Gasteiger partial charge on any atom is -0.361 e. The first kappa shape index (κ1) is 9.84. The summed E-state index contributed by atoms with van der Waals surface area (Å²) in [7, 11) is 0. The Morgan fingerprint density at radius 3 is 3.00 bits per heavy atom.